The lowest BCUT2D eigenvalue weighted by atomic mass is 10.0. The lowest BCUT2D eigenvalue weighted by Gasteiger charge is -2.16. The summed E-state index contributed by atoms with van der Waals surface area (Å²) < 4.78 is 5.68. The van der Waals surface area contributed by atoms with Crippen LogP contribution in [0, 0.1) is 6.92 Å². The molecule has 0 unspecified atom stereocenters. The molecule has 0 atom stereocenters. The number of nitrogens with one attached hydrogen (secondary N) is 1. The number of imidazole rings is 1. The highest BCUT2D eigenvalue weighted by atomic mass is 28.4. The van der Waals surface area contributed by atoms with Crippen molar-refractivity contribution in [1.29, 1.82) is 0 Å². The second-order valence-corrected chi connectivity index (χ2v) is 10.8. The molecule has 0 amide bonds. The van der Waals surface area contributed by atoms with Gasteiger partial charge in [-0.25, -0.2) is 14.6 Å². The summed E-state index contributed by atoms with van der Waals surface area (Å²) in [5.41, 5.74) is 0.335. The topological polar surface area (TPSA) is 113 Å². The van der Waals surface area contributed by atoms with Gasteiger partial charge in [0.05, 0.1) is 11.1 Å². The van der Waals surface area contributed by atoms with Crippen molar-refractivity contribution >= 4 is 20.3 Å². The van der Waals surface area contributed by atoms with E-state index in [0.29, 0.717) is 0 Å². The average Bonchev–Trinajstić information content (AvgIpc) is 2.99. The van der Waals surface area contributed by atoms with E-state index in [0.717, 1.165) is 18.9 Å². The summed E-state index contributed by atoms with van der Waals surface area (Å²) in [7, 11) is -1.33. The van der Waals surface area contributed by atoms with Crippen LogP contribution in [0.3, 0.4) is 0 Å². The molecule has 0 aliphatic rings. The van der Waals surface area contributed by atoms with Gasteiger partial charge < -0.3 is 19.6 Å². The van der Waals surface area contributed by atoms with Gasteiger partial charge in [0.15, 0.2) is 8.32 Å². The number of carboxylic acids is 2. The van der Waals surface area contributed by atoms with E-state index in [-0.39, 0.29) is 16.7 Å². The second-order valence-electron chi connectivity index (χ2n) is 6.34. The molecule has 1 aromatic carbocycles. The van der Waals surface area contributed by atoms with Crippen LogP contribution in [0.1, 0.15) is 32.1 Å². The minimum Gasteiger partial charge on any atom is -0.478 e. The largest absolute Gasteiger partial charge is 0.478 e. The number of benzene rings is 1. The highest BCUT2D eigenvalue weighted by molar-refractivity contribution is 6.69. The molecule has 8 heteroatoms. The quantitative estimate of drug-likeness (QED) is 0.679. The molecule has 7 nitrogen and oxygen atoms in total. The van der Waals surface area contributed by atoms with Crippen molar-refractivity contribution in [3.05, 3.63) is 53.1 Å². The van der Waals surface area contributed by atoms with Gasteiger partial charge in [0.2, 0.25) is 0 Å². The number of aromatic amines is 1. The predicted molar refractivity (Wildman–Crippen MR) is 96.7 cm³/mol. The maximum absolute atomic E-state index is 10.6. The highest BCUT2D eigenvalue weighted by Crippen LogP contribution is 2.13. The zero-order valence-electron chi connectivity index (χ0n) is 14.9. The molecule has 0 bridgehead atoms. The van der Waals surface area contributed by atoms with Crippen LogP contribution in [0.15, 0.2) is 30.6 Å². The molecule has 3 N–H and O–H groups in total. The molecule has 0 saturated carbocycles. The molecular formula is C17H24N2O5Si. The molecule has 136 valence electrons. The molecule has 0 aliphatic heterocycles. The molecule has 1 heterocycles. The standard InChI is InChI=1S/C9H8O4.C8H16N2OSi/c1-5-6(8(10)11)3-2-4-7(5)9(12)13;1-12(2,3)11-7-4-8-9-5-6-10-8/h2-4H,1H3,(H,10,11)(H,12,13);5-6H,4,7H2,1-3H3,(H,9,10). The van der Waals surface area contributed by atoms with Gasteiger partial charge in [-0.1, -0.05) is 6.07 Å². The lowest BCUT2D eigenvalue weighted by Crippen LogP contribution is -2.26. The van der Waals surface area contributed by atoms with Gasteiger partial charge in [-0.3, -0.25) is 0 Å². The maximum Gasteiger partial charge on any atom is 0.335 e. The first kappa shape index (κ1) is 20.6. The average molecular weight is 364 g/mol. The summed E-state index contributed by atoms with van der Waals surface area (Å²) in [6.07, 6.45) is 4.49. The summed E-state index contributed by atoms with van der Waals surface area (Å²) >= 11 is 0. The van der Waals surface area contributed by atoms with Crippen LogP contribution in [-0.2, 0) is 10.8 Å². The molecule has 0 aliphatic carbocycles. The lowest BCUT2D eigenvalue weighted by molar-refractivity contribution is 0.0696. The third-order valence-corrected chi connectivity index (χ3v) is 4.29. The Balaban J connectivity index is 0.000000251. The Morgan fingerprint density at radius 1 is 1.16 bits per heavy atom. The molecule has 0 spiro atoms. The number of carboxylic acid groups (broad SMARTS) is 2. The summed E-state index contributed by atoms with van der Waals surface area (Å²) in [6, 6.07) is 4.17. The van der Waals surface area contributed by atoms with E-state index in [9.17, 15) is 9.59 Å². The van der Waals surface area contributed by atoms with E-state index in [4.69, 9.17) is 14.6 Å². The second kappa shape index (κ2) is 9.14. The van der Waals surface area contributed by atoms with E-state index >= 15 is 0 Å². The third kappa shape index (κ3) is 7.32. The summed E-state index contributed by atoms with van der Waals surface area (Å²) in [4.78, 5) is 28.4. The molecular weight excluding hydrogens is 340 g/mol. The fourth-order valence-electron chi connectivity index (χ4n) is 1.99. The molecule has 0 fully saturated rings. The Kier molecular flexibility index (Phi) is 7.53. The van der Waals surface area contributed by atoms with Crippen LogP contribution in [-0.4, -0.2) is 47.0 Å². The van der Waals surface area contributed by atoms with Gasteiger partial charge in [-0.05, 0) is 44.3 Å². The highest BCUT2D eigenvalue weighted by Gasteiger charge is 2.14. The first-order valence-electron chi connectivity index (χ1n) is 7.80. The van der Waals surface area contributed by atoms with E-state index in [1.807, 2.05) is 6.20 Å². The zero-order valence-corrected chi connectivity index (χ0v) is 15.9. The minimum absolute atomic E-state index is 0.0277. The Labute approximate surface area is 147 Å². The first-order valence-corrected chi connectivity index (χ1v) is 11.2. The van der Waals surface area contributed by atoms with Crippen molar-refractivity contribution in [2.24, 2.45) is 0 Å². The number of aromatic nitrogens is 2. The van der Waals surface area contributed by atoms with Gasteiger partial charge in [-0.2, -0.15) is 0 Å². The summed E-state index contributed by atoms with van der Waals surface area (Å²) in [5.74, 6) is -1.21. The van der Waals surface area contributed by atoms with E-state index in [2.05, 4.69) is 29.6 Å². The SMILES string of the molecule is C[Si](C)(C)OCCc1ncc[nH]1.Cc1c(C(=O)O)cccc1C(=O)O. The number of hydrogen-bond donors (Lipinski definition) is 3. The smallest absolute Gasteiger partial charge is 0.335 e. The first-order chi connectivity index (χ1) is 11.6. The van der Waals surface area contributed by atoms with Crippen molar-refractivity contribution in [3.8, 4) is 0 Å². The molecule has 0 radical (unpaired) electrons. The van der Waals surface area contributed by atoms with Crippen molar-refractivity contribution in [2.75, 3.05) is 6.61 Å². The van der Waals surface area contributed by atoms with Gasteiger partial charge in [0.25, 0.3) is 0 Å². The van der Waals surface area contributed by atoms with E-state index in [1.54, 1.807) is 6.20 Å². The van der Waals surface area contributed by atoms with Gasteiger partial charge in [0, 0.05) is 25.4 Å². The molecule has 2 rings (SSSR count). The molecule has 0 saturated heterocycles. The fraction of sp³-hybridized carbons (Fsp3) is 0.353. The van der Waals surface area contributed by atoms with Crippen molar-refractivity contribution in [3.63, 3.8) is 0 Å². The van der Waals surface area contributed by atoms with E-state index in [1.165, 1.54) is 25.1 Å². The minimum atomic E-state index is -1.33. The van der Waals surface area contributed by atoms with Crippen LogP contribution in [0.4, 0.5) is 0 Å². The van der Waals surface area contributed by atoms with Crippen LogP contribution in [0.2, 0.25) is 19.6 Å². The normalized spacial score (nSPS) is 10.7. The van der Waals surface area contributed by atoms with Crippen LogP contribution in [0.25, 0.3) is 0 Å². The predicted octanol–water partition coefficient (Wildman–Crippen LogP) is 3.20. The van der Waals surface area contributed by atoms with Crippen molar-refractivity contribution in [1.82, 2.24) is 9.97 Å². The maximum atomic E-state index is 10.6. The van der Waals surface area contributed by atoms with Crippen molar-refractivity contribution in [2.45, 2.75) is 33.0 Å². The monoisotopic (exact) mass is 364 g/mol. The Morgan fingerprint density at radius 3 is 2.12 bits per heavy atom. The number of hydrogen-bond acceptors (Lipinski definition) is 4. The molecule has 1 aromatic heterocycles. The van der Waals surface area contributed by atoms with Gasteiger partial charge >= 0.3 is 11.9 Å². The fourth-order valence-corrected chi connectivity index (χ4v) is 2.70. The molecule has 2 aromatic rings. The van der Waals surface area contributed by atoms with Crippen molar-refractivity contribution < 1.29 is 24.2 Å². The summed E-state index contributed by atoms with van der Waals surface area (Å²) in [5, 5.41) is 17.4. The Hall–Kier alpha value is -2.45. The Morgan fingerprint density at radius 2 is 1.72 bits per heavy atom. The van der Waals surface area contributed by atoms with Gasteiger partial charge in [0.1, 0.15) is 5.82 Å². The molecule has 25 heavy (non-hydrogen) atoms. The number of aromatic carboxylic acids is 2. The number of rotatable bonds is 6. The third-order valence-electron chi connectivity index (χ3n) is 3.22. The summed E-state index contributed by atoms with van der Waals surface area (Å²) in [6.45, 7) is 8.83. The Bertz CT molecular complexity index is 676. The van der Waals surface area contributed by atoms with Gasteiger partial charge in [-0.15, -0.1) is 0 Å². The number of H-pyrrole nitrogens is 1. The van der Waals surface area contributed by atoms with E-state index < -0.39 is 20.3 Å². The number of carbonyl (C=O) groups is 2. The van der Waals surface area contributed by atoms with Crippen LogP contribution >= 0.6 is 0 Å². The zero-order chi connectivity index (χ0) is 19.0. The number of nitrogens with zero attached hydrogens (tertiary/aromatic N) is 1. The van der Waals surface area contributed by atoms with Crippen LogP contribution in [0.5, 0.6) is 0 Å². The van der Waals surface area contributed by atoms with Crippen LogP contribution < -0.4 is 0 Å².